The van der Waals surface area contributed by atoms with Crippen LogP contribution in [-0.4, -0.2) is 40.5 Å². The lowest BCUT2D eigenvalue weighted by Gasteiger charge is -2.24. The van der Waals surface area contributed by atoms with Crippen molar-refractivity contribution in [3.8, 4) is 0 Å². The van der Waals surface area contributed by atoms with E-state index in [0.29, 0.717) is 12.6 Å². The van der Waals surface area contributed by atoms with Gasteiger partial charge in [-0.1, -0.05) is 6.92 Å². The molecule has 0 radical (unpaired) electrons. The molecule has 0 heterocycles. The molecule has 1 aliphatic rings. The highest BCUT2D eigenvalue weighted by molar-refractivity contribution is 5.86. The first-order chi connectivity index (χ1) is 7.06. The minimum atomic E-state index is -1.02. The molecule has 3 N–H and O–H groups in total. The van der Waals surface area contributed by atoms with Crippen molar-refractivity contribution in [3.05, 3.63) is 0 Å². The predicted octanol–water partition coefficient (Wildman–Crippen LogP) is 0.189. The summed E-state index contributed by atoms with van der Waals surface area (Å²) in [7, 11) is 0. The monoisotopic (exact) mass is 214 g/mol. The number of carbonyl (C=O) groups excluding carboxylic acids is 1. The summed E-state index contributed by atoms with van der Waals surface area (Å²) in [6, 6.07) is -0.591. The Kier molecular flexibility index (Phi) is 4.08. The second kappa shape index (κ2) is 5.11. The molecule has 0 aliphatic heterocycles. The van der Waals surface area contributed by atoms with Crippen molar-refractivity contribution < 1.29 is 14.7 Å². The number of hydrogen-bond acceptors (Lipinski definition) is 3. The number of hydrogen-bond donors (Lipinski definition) is 2. The van der Waals surface area contributed by atoms with Gasteiger partial charge in [0.2, 0.25) is 5.91 Å². The van der Waals surface area contributed by atoms with Crippen molar-refractivity contribution in [1.82, 2.24) is 4.90 Å². The molecule has 1 fully saturated rings. The summed E-state index contributed by atoms with van der Waals surface area (Å²) in [6.07, 6.45) is 2.63. The minimum Gasteiger partial charge on any atom is -0.481 e. The Morgan fingerprint density at radius 2 is 2.13 bits per heavy atom. The molecule has 15 heavy (non-hydrogen) atoms. The van der Waals surface area contributed by atoms with Crippen LogP contribution < -0.4 is 5.73 Å². The Bertz CT molecular complexity index is 251. The van der Waals surface area contributed by atoms with Crippen LogP contribution in [0.5, 0.6) is 0 Å². The molecule has 1 aliphatic carbocycles. The highest BCUT2D eigenvalue weighted by Gasteiger charge is 2.34. The van der Waals surface area contributed by atoms with E-state index in [1.54, 1.807) is 4.90 Å². The van der Waals surface area contributed by atoms with Gasteiger partial charge in [0.05, 0.1) is 12.5 Å². The Hall–Kier alpha value is -1.10. The zero-order valence-electron chi connectivity index (χ0n) is 8.98. The second-order valence-corrected chi connectivity index (χ2v) is 3.97. The summed E-state index contributed by atoms with van der Waals surface area (Å²) in [6.45, 7) is 2.67. The molecule has 1 rings (SSSR count). The molecule has 0 aromatic carbocycles. The first-order valence-electron chi connectivity index (χ1n) is 5.34. The topological polar surface area (TPSA) is 83.6 Å². The molecule has 0 bridgehead atoms. The third-order valence-corrected chi connectivity index (χ3v) is 2.45. The molecule has 86 valence electrons. The molecule has 5 heteroatoms. The molecule has 0 saturated heterocycles. The van der Waals surface area contributed by atoms with E-state index in [0.717, 1.165) is 19.3 Å². The third kappa shape index (κ3) is 3.51. The summed E-state index contributed by atoms with van der Waals surface area (Å²) in [5.41, 5.74) is 5.54. The van der Waals surface area contributed by atoms with Gasteiger partial charge in [0.1, 0.15) is 0 Å². The number of rotatable bonds is 6. The normalized spacial score (nSPS) is 17.2. The van der Waals surface area contributed by atoms with Crippen molar-refractivity contribution in [2.24, 2.45) is 5.73 Å². The third-order valence-electron chi connectivity index (χ3n) is 2.45. The van der Waals surface area contributed by atoms with Crippen LogP contribution >= 0.6 is 0 Å². The fourth-order valence-corrected chi connectivity index (χ4v) is 1.59. The van der Waals surface area contributed by atoms with Crippen LogP contribution in [0.2, 0.25) is 0 Å². The number of carbonyl (C=O) groups is 2. The van der Waals surface area contributed by atoms with Crippen LogP contribution in [0, 0.1) is 0 Å². The summed E-state index contributed by atoms with van der Waals surface area (Å²) < 4.78 is 0. The first kappa shape index (κ1) is 12.0. The van der Waals surface area contributed by atoms with Gasteiger partial charge in [-0.3, -0.25) is 9.59 Å². The maximum absolute atomic E-state index is 11.8. The molecule has 0 spiro atoms. The minimum absolute atomic E-state index is 0.221. The zero-order valence-corrected chi connectivity index (χ0v) is 8.98. The fourth-order valence-electron chi connectivity index (χ4n) is 1.59. The van der Waals surface area contributed by atoms with Crippen LogP contribution in [0.1, 0.15) is 32.6 Å². The van der Waals surface area contributed by atoms with Crippen molar-refractivity contribution in [3.63, 3.8) is 0 Å². The van der Waals surface area contributed by atoms with Gasteiger partial charge in [0, 0.05) is 12.6 Å². The van der Waals surface area contributed by atoms with E-state index in [-0.39, 0.29) is 12.3 Å². The zero-order chi connectivity index (χ0) is 11.4. The van der Waals surface area contributed by atoms with Gasteiger partial charge < -0.3 is 15.7 Å². The predicted molar refractivity (Wildman–Crippen MR) is 55.3 cm³/mol. The van der Waals surface area contributed by atoms with Gasteiger partial charge in [0.15, 0.2) is 0 Å². The van der Waals surface area contributed by atoms with Gasteiger partial charge >= 0.3 is 5.97 Å². The Morgan fingerprint density at radius 3 is 2.53 bits per heavy atom. The summed E-state index contributed by atoms with van der Waals surface area (Å²) in [5.74, 6) is -1.25. The van der Waals surface area contributed by atoms with Crippen molar-refractivity contribution in [2.75, 3.05) is 6.54 Å². The van der Waals surface area contributed by atoms with E-state index in [1.165, 1.54) is 0 Å². The number of carboxylic acids is 1. The van der Waals surface area contributed by atoms with E-state index < -0.39 is 12.0 Å². The van der Waals surface area contributed by atoms with E-state index in [2.05, 4.69) is 0 Å². The number of aliphatic carboxylic acids is 1. The SMILES string of the molecule is CCCN(C(=O)C(N)CC(=O)O)C1CC1. The smallest absolute Gasteiger partial charge is 0.305 e. The fraction of sp³-hybridized carbons (Fsp3) is 0.800. The Labute approximate surface area is 89.2 Å². The number of carboxylic acid groups (broad SMARTS) is 1. The van der Waals surface area contributed by atoms with Crippen molar-refractivity contribution in [2.45, 2.75) is 44.7 Å². The van der Waals surface area contributed by atoms with Gasteiger partial charge in [-0.25, -0.2) is 0 Å². The largest absolute Gasteiger partial charge is 0.481 e. The van der Waals surface area contributed by atoms with E-state index in [1.807, 2.05) is 6.92 Å². The van der Waals surface area contributed by atoms with E-state index in [4.69, 9.17) is 10.8 Å². The lowest BCUT2D eigenvalue weighted by Crippen LogP contribution is -2.46. The van der Waals surface area contributed by atoms with Crippen LogP contribution in [0.15, 0.2) is 0 Å². The maximum atomic E-state index is 11.8. The number of amides is 1. The molecular weight excluding hydrogens is 196 g/mol. The Balaban J connectivity index is 2.50. The van der Waals surface area contributed by atoms with Crippen LogP contribution in [0.4, 0.5) is 0 Å². The number of nitrogens with two attached hydrogens (primary N) is 1. The maximum Gasteiger partial charge on any atom is 0.305 e. The van der Waals surface area contributed by atoms with Crippen molar-refractivity contribution in [1.29, 1.82) is 0 Å². The lowest BCUT2D eigenvalue weighted by atomic mass is 10.2. The molecular formula is C10H18N2O3. The molecule has 1 unspecified atom stereocenters. The summed E-state index contributed by atoms with van der Waals surface area (Å²) >= 11 is 0. The van der Waals surface area contributed by atoms with Crippen LogP contribution in [0.25, 0.3) is 0 Å². The molecule has 1 amide bonds. The second-order valence-electron chi connectivity index (χ2n) is 3.97. The molecule has 1 saturated carbocycles. The Morgan fingerprint density at radius 1 is 1.53 bits per heavy atom. The number of nitrogens with zero attached hydrogens (tertiary/aromatic N) is 1. The molecule has 0 aromatic heterocycles. The van der Waals surface area contributed by atoms with E-state index >= 15 is 0 Å². The highest BCUT2D eigenvalue weighted by atomic mass is 16.4. The van der Waals surface area contributed by atoms with Crippen molar-refractivity contribution >= 4 is 11.9 Å². The summed E-state index contributed by atoms with van der Waals surface area (Å²) in [5, 5.41) is 8.55. The van der Waals surface area contributed by atoms with Crippen LogP contribution in [-0.2, 0) is 9.59 Å². The molecule has 5 nitrogen and oxygen atoms in total. The van der Waals surface area contributed by atoms with Crippen LogP contribution in [0.3, 0.4) is 0 Å². The van der Waals surface area contributed by atoms with E-state index in [9.17, 15) is 9.59 Å². The van der Waals surface area contributed by atoms with Gasteiger partial charge in [-0.15, -0.1) is 0 Å². The standard InChI is InChI=1S/C10H18N2O3/c1-2-5-12(7-3-4-7)10(15)8(11)6-9(13)14/h7-8H,2-6,11H2,1H3,(H,13,14). The first-order valence-corrected chi connectivity index (χ1v) is 5.34. The van der Waals surface area contributed by atoms with Gasteiger partial charge in [0.25, 0.3) is 0 Å². The average Bonchev–Trinajstić information content (AvgIpc) is 2.95. The highest BCUT2D eigenvalue weighted by Crippen LogP contribution is 2.27. The lowest BCUT2D eigenvalue weighted by molar-refractivity contribution is -0.142. The molecule has 1 atom stereocenters. The summed E-state index contributed by atoms with van der Waals surface area (Å²) in [4.78, 5) is 23.9. The van der Waals surface area contributed by atoms with Gasteiger partial charge in [-0.05, 0) is 19.3 Å². The average molecular weight is 214 g/mol. The molecule has 0 aromatic rings. The quantitative estimate of drug-likeness (QED) is 0.661. The van der Waals surface area contributed by atoms with Gasteiger partial charge in [-0.2, -0.15) is 0 Å².